The number of azo groups is 1. The molecule has 0 unspecified atom stereocenters. The molecule has 2 aromatic carbocycles. The number of hydrogen-bond acceptors (Lipinski definition) is 5. The van der Waals surface area contributed by atoms with E-state index in [0.29, 0.717) is 6.61 Å². The maximum atomic E-state index is 8.77. The minimum absolute atomic E-state index is 0.330. The predicted molar refractivity (Wildman–Crippen MR) is 141 cm³/mol. The van der Waals surface area contributed by atoms with Crippen molar-refractivity contribution < 1.29 is 14.6 Å². The van der Waals surface area contributed by atoms with E-state index < -0.39 is 0 Å². The molecule has 0 aliphatic heterocycles. The molecular weight excluding hydrogens is 424 g/mol. The number of hydrogen-bond donors (Lipinski definition) is 1. The minimum atomic E-state index is 0.330. The van der Waals surface area contributed by atoms with Crippen LogP contribution in [0.25, 0.3) is 0 Å². The SMILES string of the molecule is CCCCCCOc1ccc(N=Nc2ccc(OCCCCCCCCCCCO)cc2)cc1. The monoisotopic (exact) mass is 468 g/mol. The molecule has 0 bridgehead atoms. The van der Waals surface area contributed by atoms with Gasteiger partial charge in [-0.1, -0.05) is 71.1 Å². The Labute approximate surface area is 206 Å². The van der Waals surface area contributed by atoms with Crippen LogP contribution in [0.2, 0.25) is 0 Å². The Hall–Kier alpha value is -2.40. The van der Waals surface area contributed by atoms with Gasteiger partial charge in [0, 0.05) is 6.61 Å². The zero-order chi connectivity index (χ0) is 24.1. The number of ether oxygens (including phenoxy) is 2. The predicted octanol–water partition coefficient (Wildman–Crippen LogP) is 8.94. The molecular formula is C29H44N2O3. The van der Waals surface area contributed by atoms with Crippen LogP contribution in [0.5, 0.6) is 11.5 Å². The number of nitrogens with zero attached hydrogens (tertiary/aromatic N) is 2. The van der Waals surface area contributed by atoms with Crippen LogP contribution in [0.4, 0.5) is 11.4 Å². The van der Waals surface area contributed by atoms with E-state index in [1.54, 1.807) is 0 Å². The van der Waals surface area contributed by atoms with Gasteiger partial charge in [0.15, 0.2) is 0 Å². The summed E-state index contributed by atoms with van der Waals surface area (Å²) < 4.78 is 11.6. The van der Waals surface area contributed by atoms with E-state index in [1.165, 1.54) is 57.8 Å². The van der Waals surface area contributed by atoms with Crippen molar-refractivity contribution in [2.75, 3.05) is 19.8 Å². The van der Waals surface area contributed by atoms with Gasteiger partial charge in [-0.2, -0.15) is 10.2 Å². The number of aliphatic hydroxyl groups is 1. The molecule has 188 valence electrons. The van der Waals surface area contributed by atoms with Gasteiger partial charge < -0.3 is 14.6 Å². The quantitative estimate of drug-likeness (QED) is 0.156. The Bertz CT molecular complexity index is 760. The van der Waals surface area contributed by atoms with Crippen molar-refractivity contribution in [3.05, 3.63) is 48.5 Å². The van der Waals surface area contributed by atoms with E-state index in [0.717, 1.165) is 61.8 Å². The van der Waals surface area contributed by atoms with Crippen molar-refractivity contribution in [1.29, 1.82) is 0 Å². The van der Waals surface area contributed by atoms with E-state index in [1.807, 2.05) is 48.5 Å². The molecule has 1 N–H and O–H groups in total. The molecule has 0 spiro atoms. The zero-order valence-corrected chi connectivity index (χ0v) is 21.1. The number of aliphatic hydroxyl groups excluding tert-OH is 1. The van der Waals surface area contributed by atoms with Crippen molar-refractivity contribution in [2.45, 2.75) is 90.4 Å². The summed E-state index contributed by atoms with van der Waals surface area (Å²) in [4.78, 5) is 0. The van der Waals surface area contributed by atoms with Crippen molar-refractivity contribution >= 4 is 11.4 Å². The molecule has 0 heterocycles. The molecule has 5 nitrogen and oxygen atoms in total. The van der Waals surface area contributed by atoms with Crippen molar-refractivity contribution in [3.63, 3.8) is 0 Å². The molecule has 2 aromatic rings. The van der Waals surface area contributed by atoms with E-state index in [-0.39, 0.29) is 0 Å². The first kappa shape index (κ1) is 27.8. The Morgan fingerprint density at radius 3 is 1.32 bits per heavy atom. The summed E-state index contributed by atoms with van der Waals surface area (Å²) in [7, 11) is 0. The molecule has 2 rings (SSSR count). The molecule has 0 amide bonds. The molecule has 0 aromatic heterocycles. The first-order valence-corrected chi connectivity index (χ1v) is 13.3. The minimum Gasteiger partial charge on any atom is -0.494 e. The van der Waals surface area contributed by atoms with Gasteiger partial charge in [0.2, 0.25) is 0 Å². The lowest BCUT2D eigenvalue weighted by Gasteiger charge is -2.06. The second-order valence-electron chi connectivity index (χ2n) is 8.85. The van der Waals surface area contributed by atoms with Gasteiger partial charge in [-0.15, -0.1) is 0 Å². The van der Waals surface area contributed by atoms with Gasteiger partial charge in [-0.05, 0) is 67.8 Å². The van der Waals surface area contributed by atoms with Crippen LogP contribution in [-0.2, 0) is 0 Å². The Morgan fingerprint density at radius 2 is 0.912 bits per heavy atom. The lowest BCUT2D eigenvalue weighted by atomic mass is 10.1. The van der Waals surface area contributed by atoms with Crippen LogP contribution in [-0.4, -0.2) is 24.9 Å². The first-order chi connectivity index (χ1) is 16.8. The topological polar surface area (TPSA) is 63.4 Å². The summed E-state index contributed by atoms with van der Waals surface area (Å²) in [6, 6.07) is 15.5. The normalized spacial score (nSPS) is 11.2. The summed E-state index contributed by atoms with van der Waals surface area (Å²) in [5.41, 5.74) is 1.62. The lowest BCUT2D eigenvalue weighted by Crippen LogP contribution is -1.97. The highest BCUT2D eigenvalue weighted by Crippen LogP contribution is 2.23. The highest BCUT2D eigenvalue weighted by atomic mass is 16.5. The fourth-order valence-corrected chi connectivity index (χ4v) is 3.69. The van der Waals surface area contributed by atoms with Crippen molar-refractivity contribution in [1.82, 2.24) is 0 Å². The van der Waals surface area contributed by atoms with Crippen LogP contribution in [0, 0.1) is 0 Å². The van der Waals surface area contributed by atoms with Crippen LogP contribution >= 0.6 is 0 Å². The standard InChI is InChI=1S/C29H44N2O3/c1-2-3-4-13-24-33-28-19-15-26(16-20-28)30-31-27-17-21-29(22-18-27)34-25-14-11-9-7-5-6-8-10-12-23-32/h15-22,32H,2-14,23-25H2,1H3. The Kier molecular flexibility index (Phi) is 15.5. The molecule has 0 radical (unpaired) electrons. The van der Waals surface area contributed by atoms with Crippen LogP contribution in [0.3, 0.4) is 0 Å². The van der Waals surface area contributed by atoms with Crippen LogP contribution in [0.1, 0.15) is 90.4 Å². The molecule has 0 aliphatic carbocycles. The van der Waals surface area contributed by atoms with E-state index >= 15 is 0 Å². The van der Waals surface area contributed by atoms with Gasteiger partial charge in [-0.3, -0.25) is 0 Å². The van der Waals surface area contributed by atoms with E-state index in [2.05, 4.69) is 17.2 Å². The summed E-state index contributed by atoms with van der Waals surface area (Å²) in [6.45, 7) is 4.06. The van der Waals surface area contributed by atoms with Gasteiger partial charge in [0.1, 0.15) is 11.5 Å². The highest BCUT2D eigenvalue weighted by molar-refractivity contribution is 5.44. The Balaban J connectivity index is 1.57. The van der Waals surface area contributed by atoms with E-state index in [9.17, 15) is 0 Å². The second kappa shape index (κ2) is 19.0. The van der Waals surface area contributed by atoms with Gasteiger partial charge in [0.25, 0.3) is 0 Å². The maximum Gasteiger partial charge on any atom is 0.119 e. The smallest absolute Gasteiger partial charge is 0.119 e. The Morgan fingerprint density at radius 1 is 0.529 bits per heavy atom. The molecule has 0 aliphatic rings. The average Bonchev–Trinajstić information content (AvgIpc) is 2.87. The molecule has 0 saturated carbocycles. The first-order valence-electron chi connectivity index (χ1n) is 13.3. The molecule has 0 saturated heterocycles. The lowest BCUT2D eigenvalue weighted by molar-refractivity contribution is 0.282. The third-order valence-electron chi connectivity index (χ3n) is 5.79. The molecule has 0 atom stereocenters. The van der Waals surface area contributed by atoms with Crippen LogP contribution < -0.4 is 9.47 Å². The summed E-state index contributed by atoms with van der Waals surface area (Å²) in [5, 5.41) is 17.4. The van der Waals surface area contributed by atoms with Gasteiger partial charge in [-0.25, -0.2) is 0 Å². The summed E-state index contributed by atoms with van der Waals surface area (Å²) >= 11 is 0. The highest BCUT2D eigenvalue weighted by Gasteiger charge is 1.98. The second-order valence-corrected chi connectivity index (χ2v) is 8.85. The zero-order valence-electron chi connectivity index (χ0n) is 21.1. The summed E-state index contributed by atoms with van der Waals surface area (Å²) in [5.74, 6) is 1.76. The molecule has 0 fully saturated rings. The van der Waals surface area contributed by atoms with Gasteiger partial charge >= 0.3 is 0 Å². The number of unbranched alkanes of at least 4 members (excludes halogenated alkanes) is 11. The van der Waals surface area contributed by atoms with E-state index in [4.69, 9.17) is 14.6 Å². The molecule has 34 heavy (non-hydrogen) atoms. The average molecular weight is 469 g/mol. The third kappa shape index (κ3) is 13.3. The third-order valence-corrected chi connectivity index (χ3v) is 5.79. The number of benzene rings is 2. The molecule has 5 heteroatoms. The van der Waals surface area contributed by atoms with Crippen LogP contribution in [0.15, 0.2) is 58.8 Å². The fourth-order valence-electron chi connectivity index (χ4n) is 3.69. The van der Waals surface area contributed by atoms with Crippen molar-refractivity contribution in [2.24, 2.45) is 10.2 Å². The largest absolute Gasteiger partial charge is 0.494 e. The fraction of sp³-hybridized carbons (Fsp3) is 0.586. The number of rotatable bonds is 20. The maximum absolute atomic E-state index is 8.77. The summed E-state index contributed by atoms with van der Waals surface area (Å²) in [6.07, 6.45) is 15.7. The van der Waals surface area contributed by atoms with Crippen molar-refractivity contribution in [3.8, 4) is 11.5 Å². The van der Waals surface area contributed by atoms with Gasteiger partial charge in [0.05, 0.1) is 24.6 Å².